The maximum absolute atomic E-state index is 5.61. The molecule has 0 radical (unpaired) electrons. The van der Waals surface area contributed by atoms with E-state index in [2.05, 4.69) is 5.32 Å². The molecule has 1 aromatic carbocycles. The maximum Gasteiger partial charge on any atom is 0.231 e. The second-order valence-corrected chi connectivity index (χ2v) is 4.68. The van der Waals surface area contributed by atoms with E-state index in [1.54, 1.807) is 14.2 Å². The highest BCUT2D eigenvalue weighted by Gasteiger charge is 2.38. The van der Waals surface area contributed by atoms with Gasteiger partial charge in [-0.15, -0.1) is 0 Å². The van der Waals surface area contributed by atoms with Gasteiger partial charge in [0.2, 0.25) is 6.79 Å². The summed E-state index contributed by atoms with van der Waals surface area (Å²) in [7, 11) is 3.42. The summed E-state index contributed by atoms with van der Waals surface area (Å²) >= 11 is 0. The summed E-state index contributed by atoms with van der Waals surface area (Å²) in [5.41, 5.74) is 0.964. The summed E-state index contributed by atoms with van der Waals surface area (Å²) in [5, 5.41) is 3.24. The first kappa shape index (κ1) is 11.6. The summed E-state index contributed by atoms with van der Waals surface area (Å²) in [6, 6.07) is 3.87. The number of hydrogen-bond donors (Lipinski definition) is 1. The standard InChI is InChI=1S/C13H17NO4/c1-15-10-4-12-11(17-8-18-12)3-9(10)5-13(16-2)6-14-7-13/h3-4,14H,5-8H2,1-2H3. The van der Waals surface area contributed by atoms with Crippen LogP contribution >= 0.6 is 0 Å². The second kappa shape index (κ2) is 4.33. The van der Waals surface area contributed by atoms with Gasteiger partial charge in [0.25, 0.3) is 0 Å². The molecule has 0 amide bonds. The predicted octanol–water partition coefficient (Wildman–Crippen LogP) is 0.955. The Morgan fingerprint density at radius 2 is 1.94 bits per heavy atom. The van der Waals surface area contributed by atoms with E-state index in [1.165, 1.54) is 0 Å². The van der Waals surface area contributed by atoms with Gasteiger partial charge in [-0.05, 0) is 6.07 Å². The summed E-state index contributed by atoms with van der Waals surface area (Å²) in [4.78, 5) is 0. The van der Waals surface area contributed by atoms with E-state index in [-0.39, 0.29) is 12.4 Å². The Balaban J connectivity index is 1.90. The largest absolute Gasteiger partial charge is 0.496 e. The zero-order chi connectivity index (χ0) is 12.6. The summed E-state index contributed by atoms with van der Waals surface area (Å²) in [5.74, 6) is 2.35. The fourth-order valence-electron chi connectivity index (χ4n) is 2.39. The van der Waals surface area contributed by atoms with Crippen molar-refractivity contribution >= 4 is 0 Å². The van der Waals surface area contributed by atoms with Crippen molar-refractivity contribution in [2.45, 2.75) is 12.0 Å². The number of nitrogens with one attached hydrogen (secondary N) is 1. The molecule has 1 saturated heterocycles. The van der Waals surface area contributed by atoms with Crippen LogP contribution in [0.15, 0.2) is 12.1 Å². The normalized spacial score (nSPS) is 19.4. The van der Waals surface area contributed by atoms with Gasteiger partial charge < -0.3 is 24.3 Å². The average molecular weight is 251 g/mol. The minimum Gasteiger partial charge on any atom is -0.496 e. The van der Waals surface area contributed by atoms with E-state index in [4.69, 9.17) is 18.9 Å². The van der Waals surface area contributed by atoms with Crippen LogP contribution in [0.4, 0.5) is 0 Å². The van der Waals surface area contributed by atoms with Gasteiger partial charge in [0.15, 0.2) is 11.5 Å². The van der Waals surface area contributed by atoms with Gasteiger partial charge in [-0.3, -0.25) is 0 Å². The quantitative estimate of drug-likeness (QED) is 0.863. The monoisotopic (exact) mass is 251 g/mol. The van der Waals surface area contributed by atoms with Crippen LogP contribution in [0.1, 0.15) is 5.56 Å². The third-order valence-corrected chi connectivity index (χ3v) is 3.62. The molecule has 0 atom stereocenters. The highest BCUT2D eigenvalue weighted by molar-refractivity contribution is 5.52. The summed E-state index contributed by atoms with van der Waals surface area (Å²) < 4.78 is 21.8. The molecule has 0 saturated carbocycles. The van der Waals surface area contributed by atoms with Crippen LogP contribution in [-0.4, -0.2) is 39.7 Å². The smallest absolute Gasteiger partial charge is 0.231 e. The van der Waals surface area contributed by atoms with E-state index in [0.717, 1.165) is 42.3 Å². The molecule has 0 spiro atoms. The lowest BCUT2D eigenvalue weighted by atomic mass is 9.88. The number of hydrogen-bond acceptors (Lipinski definition) is 5. The molecule has 2 aliphatic rings. The lowest BCUT2D eigenvalue weighted by molar-refractivity contribution is -0.0505. The first-order chi connectivity index (χ1) is 8.76. The van der Waals surface area contributed by atoms with Gasteiger partial charge in [-0.2, -0.15) is 0 Å². The molecule has 2 heterocycles. The lowest BCUT2D eigenvalue weighted by Gasteiger charge is -2.41. The number of methoxy groups -OCH3 is 2. The summed E-state index contributed by atoms with van der Waals surface area (Å²) in [6.07, 6.45) is 0.802. The maximum atomic E-state index is 5.61. The zero-order valence-electron chi connectivity index (χ0n) is 10.6. The van der Waals surface area contributed by atoms with Crippen molar-refractivity contribution < 1.29 is 18.9 Å². The molecule has 98 valence electrons. The van der Waals surface area contributed by atoms with Crippen molar-refractivity contribution in [1.82, 2.24) is 5.32 Å². The van der Waals surface area contributed by atoms with Crippen molar-refractivity contribution in [3.63, 3.8) is 0 Å². The van der Waals surface area contributed by atoms with Crippen LogP contribution < -0.4 is 19.5 Å². The molecule has 5 nitrogen and oxygen atoms in total. The van der Waals surface area contributed by atoms with Crippen LogP contribution in [-0.2, 0) is 11.2 Å². The van der Waals surface area contributed by atoms with Gasteiger partial charge >= 0.3 is 0 Å². The molecular formula is C13H17NO4. The second-order valence-electron chi connectivity index (χ2n) is 4.68. The van der Waals surface area contributed by atoms with Gasteiger partial charge in [0.05, 0.1) is 12.7 Å². The molecular weight excluding hydrogens is 234 g/mol. The van der Waals surface area contributed by atoms with Gasteiger partial charge in [0, 0.05) is 38.2 Å². The van der Waals surface area contributed by atoms with Gasteiger partial charge in [0.1, 0.15) is 5.75 Å². The molecule has 1 N–H and O–H groups in total. The average Bonchev–Trinajstić information content (AvgIpc) is 2.79. The molecule has 18 heavy (non-hydrogen) atoms. The highest BCUT2D eigenvalue weighted by Crippen LogP contribution is 2.39. The van der Waals surface area contributed by atoms with Gasteiger partial charge in [-0.25, -0.2) is 0 Å². The Morgan fingerprint density at radius 1 is 1.22 bits per heavy atom. The molecule has 0 unspecified atom stereocenters. The zero-order valence-corrected chi connectivity index (χ0v) is 10.6. The van der Waals surface area contributed by atoms with Crippen LogP contribution in [0.25, 0.3) is 0 Å². The molecule has 0 bridgehead atoms. The third kappa shape index (κ3) is 1.79. The Bertz CT molecular complexity index is 451. The van der Waals surface area contributed by atoms with Crippen LogP contribution in [0.2, 0.25) is 0 Å². The molecule has 1 fully saturated rings. The third-order valence-electron chi connectivity index (χ3n) is 3.62. The van der Waals surface area contributed by atoms with Crippen molar-refractivity contribution in [3.8, 4) is 17.2 Å². The van der Waals surface area contributed by atoms with E-state index in [0.29, 0.717) is 0 Å². The first-order valence-corrected chi connectivity index (χ1v) is 5.99. The van der Waals surface area contributed by atoms with E-state index < -0.39 is 0 Å². The fraction of sp³-hybridized carbons (Fsp3) is 0.538. The number of rotatable bonds is 4. The molecule has 0 aromatic heterocycles. The number of ether oxygens (including phenoxy) is 4. The van der Waals surface area contributed by atoms with Crippen molar-refractivity contribution in [2.24, 2.45) is 0 Å². The number of fused-ring (bicyclic) bond motifs is 1. The van der Waals surface area contributed by atoms with Crippen LogP contribution in [0.5, 0.6) is 17.2 Å². The highest BCUT2D eigenvalue weighted by atomic mass is 16.7. The molecule has 2 aliphatic heterocycles. The lowest BCUT2D eigenvalue weighted by Crippen LogP contribution is -2.61. The predicted molar refractivity (Wildman–Crippen MR) is 65.4 cm³/mol. The van der Waals surface area contributed by atoms with Gasteiger partial charge in [-0.1, -0.05) is 0 Å². The Hall–Kier alpha value is -1.46. The summed E-state index contributed by atoms with van der Waals surface area (Å²) in [6.45, 7) is 2.00. The Morgan fingerprint density at radius 3 is 2.50 bits per heavy atom. The Kier molecular flexibility index (Phi) is 2.80. The van der Waals surface area contributed by atoms with Crippen LogP contribution in [0, 0.1) is 0 Å². The van der Waals surface area contributed by atoms with E-state index >= 15 is 0 Å². The minimum absolute atomic E-state index is 0.124. The molecule has 3 rings (SSSR count). The van der Waals surface area contributed by atoms with E-state index in [9.17, 15) is 0 Å². The minimum atomic E-state index is -0.124. The molecule has 0 aliphatic carbocycles. The topological polar surface area (TPSA) is 49.0 Å². The number of benzene rings is 1. The molecule has 1 aromatic rings. The van der Waals surface area contributed by atoms with Crippen molar-refractivity contribution in [1.29, 1.82) is 0 Å². The first-order valence-electron chi connectivity index (χ1n) is 5.99. The fourth-order valence-corrected chi connectivity index (χ4v) is 2.39. The molecule has 5 heteroatoms. The SMILES string of the molecule is COc1cc2c(cc1CC1(OC)CNC1)OCO2. The van der Waals surface area contributed by atoms with E-state index in [1.807, 2.05) is 12.1 Å². The Labute approximate surface area is 106 Å². The van der Waals surface area contributed by atoms with Crippen molar-refractivity contribution in [2.75, 3.05) is 34.1 Å². The van der Waals surface area contributed by atoms with Crippen molar-refractivity contribution in [3.05, 3.63) is 17.7 Å². The van der Waals surface area contributed by atoms with Crippen LogP contribution in [0.3, 0.4) is 0 Å².